The summed E-state index contributed by atoms with van der Waals surface area (Å²) in [5.41, 5.74) is 11.4. The number of thiophene rings is 1. The Morgan fingerprint density at radius 1 is 0.583 bits per heavy atom. The molecule has 60 heavy (non-hydrogen) atoms. The van der Waals surface area contributed by atoms with Crippen molar-refractivity contribution in [3.8, 4) is 0 Å². The largest absolute Gasteiger partial charge is 0.392 e. The van der Waals surface area contributed by atoms with E-state index < -0.39 is 0 Å². The Hall–Kier alpha value is -7.69. The van der Waals surface area contributed by atoms with Crippen molar-refractivity contribution in [2.24, 2.45) is 0 Å². The van der Waals surface area contributed by atoms with E-state index >= 15 is 0 Å². The van der Waals surface area contributed by atoms with Crippen molar-refractivity contribution in [3.05, 3.63) is 137 Å². The highest BCUT2D eigenvalue weighted by Crippen LogP contribution is 2.31. The molecule has 16 heteroatoms. The number of aryl methyl sites for hydroxylation is 4. The molecular weight excluding hydrogens is 773 g/mol. The molecule has 0 atom stereocenters. The number of nitrogens with one attached hydrogen (secondary N) is 7. The zero-order valence-electron chi connectivity index (χ0n) is 33.1. The number of benzene rings is 3. The Balaban J connectivity index is 0.000000116. The summed E-state index contributed by atoms with van der Waals surface area (Å²) in [6, 6.07) is 27.8. The molecule has 11 rings (SSSR count). The number of fused-ring (bicyclic) bond motifs is 5. The second kappa shape index (κ2) is 16.3. The fourth-order valence-corrected chi connectivity index (χ4v) is 7.84. The summed E-state index contributed by atoms with van der Waals surface area (Å²) in [6.45, 7) is 7.89. The van der Waals surface area contributed by atoms with Gasteiger partial charge in [0.15, 0.2) is 0 Å². The van der Waals surface area contributed by atoms with Crippen LogP contribution in [-0.4, -0.2) is 60.6 Å². The van der Waals surface area contributed by atoms with Crippen LogP contribution in [0.1, 0.15) is 28.5 Å². The molecule has 11 aromatic rings. The normalized spacial score (nSPS) is 11.2. The van der Waals surface area contributed by atoms with E-state index in [1.165, 1.54) is 10.1 Å². The number of hydrogen-bond donors (Lipinski definition) is 8. The maximum atomic E-state index is 9.35. The number of H-pyrrole nitrogens is 4. The summed E-state index contributed by atoms with van der Waals surface area (Å²) in [6.07, 6.45) is 5.24. The molecule has 0 saturated carbocycles. The topological polar surface area (TPSA) is 210 Å². The third-order valence-electron chi connectivity index (χ3n) is 9.96. The number of imidazole rings is 1. The molecule has 0 aliphatic rings. The first-order valence-electron chi connectivity index (χ1n) is 19.1. The van der Waals surface area contributed by atoms with Gasteiger partial charge in [0, 0.05) is 63.0 Å². The van der Waals surface area contributed by atoms with Gasteiger partial charge in [-0.3, -0.25) is 15.3 Å². The van der Waals surface area contributed by atoms with E-state index in [1.54, 1.807) is 29.9 Å². The number of para-hydroxylation sites is 1. The summed E-state index contributed by atoms with van der Waals surface area (Å²) in [5, 5.41) is 47.4. The van der Waals surface area contributed by atoms with Gasteiger partial charge in [-0.05, 0) is 105 Å². The Labute approximate surface area is 346 Å². The van der Waals surface area contributed by atoms with E-state index in [-0.39, 0.29) is 6.61 Å². The fraction of sp³-hybridized carbons (Fsp3) is 0.114. The lowest BCUT2D eigenvalue weighted by Crippen LogP contribution is -1.98. The van der Waals surface area contributed by atoms with Crippen molar-refractivity contribution in [3.63, 3.8) is 0 Å². The van der Waals surface area contributed by atoms with Gasteiger partial charge in [-0.1, -0.05) is 18.2 Å². The number of pyridine rings is 3. The van der Waals surface area contributed by atoms with Crippen molar-refractivity contribution in [2.45, 2.75) is 34.3 Å². The van der Waals surface area contributed by atoms with Gasteiger partial charge in [-0.2, -0.15) is 15.3 Å². The molecule has 8 N–H and O–H groups in total. The zero-order chi connectivity index (χ0) is 41.2. The van der Waals surface area contributed by atoms with Gasteiger partial charge < -0.3 is 26.0 Å². The number of aromatic amines is 4. The minimum Gasteiger partial charge on any atom is -0.392 e. The first-order chi connectivity index (χ1) is 29.3. The highest BCUT2D eigenvalue weighted by atomic mass is 32.1. The number of nitrogens with zero attached hydrogens (tertiary/aromatic N) is 7. The van der Waals surface area contributed by atoms with E-state index in [0.717, 1.165) is 107 Å². The zero-order valence-corrected chi connectivity index (χ0v) is 33.9. The van der Waals surface area contributed by atoms with Crippen LogP contribution < -0.4 is 16.0 Å². The molecule has 0 fully saturated rings. The summed E-state index contributed by atoms with van der Waals surface area (Å²) < 4.78 is 1.29. The summed E-state index contributed by atoms with van der Waals surface area (Å²) >= 11 is 1.75. The summed E-state index contributed by atoms with van der Waals surface area (Å²) in [7, 11) is 0. The maximum absolute atomic E-state index is 9.35. The van der Waals surface area contributed by atoms with E-state index in [1.807, 2.05) is 88.4 Å². The monoisotopic (exact) mass is 812 g/mol. The first-order valence-corrected chi connectivity index (χ1v) is 20.0. The molecule has 0 bridgehead atoms. The van der Waals surface area contributed by atoms with Gasteiger partial charge in [-0.25, -0.2) is 19.9 Å². The van der Waals surface area contributed by atoms with Gasteiger partial charge in [0.05, 0.1) is 50.3 Å². The van der Waals surface area contributed by atoms with Crippen LogP contribution in [0.5, 0.6) is 0 Å². The summed E-state index contributed by atoms with van der Waals surface area (Å²) in [5.74, 6) is 3.29. The second-order valence-corrected chi connectivity index (χ2v) is 15.1. The maximum Gasteiger partial charge on any atom is 0.141 e. The second-order valence-electron chi connectivity index (χ2n) is 14.1. The number of aromatic nitrogens is 11. The number of anilines is 6. The third-order valence-corrected chi connectivity index (χ3v) is 10.9. The standard InChI is InChI=1S/C15H14N6.C15H12N4S.C14H14N4O/c1-8-14-12(21-20-8)5-6-16-15(14)19-10-3-4-11-13(7-10)18-9(2)17-11;1-9-14-12(19-18-9)4-6-16-15(14)17-11-2-3-13-10(8-11)5-7-20-13;1-9-13-12(18-17-9)6-7-15-14(13)16-11-5-3-2-4-10(11)8-19/h3-7H,1-2H3,(H,16,19)(H,17,18)(H,20,21);2-8H,1H3,(H,16,17)(H,18,19);2-7,19H,8H2,1H3,(H,15,16)(H,17,18). The van der Waals surface area contributed by atoms with E-state index in [9.17, 15) is 5.11 Å². The third kappa shape index (κ3) is 7.67. The van der Waals surface area contributed by atoms with Crippen molar-refractivity contribution < 1.29 is 5.11 Å². The van der Waals surface area contributed by atoms with Crippen molar-refractivity contribution >= 4 is 99.7 Å². The summed E-state index contributed by atoms with van der Waals surface area (Å²) in [4.78, 5) is 20.9. The average Bonchev–Trinajstić information content (AvgIpc) is 4.11. The van der Waals surface area contributed by atoms with Crippen LogP contribution >= 0.6 is 11.3 Å². The lowest BCUT2D eigenvalue weighted by molar-refractivity contribution is 0.282. The van der Waals surface area contributed by atoms with Crippen molar-refractivity contribution in [1.82, 2.24) is 55.5 Å². The SMILES string of the molecule is Cc1[nH]nc2ccnc(Nc3ccc4sccc4c3)c12.Cc1[nH]nc2ccnc(Nc3ccccc3CO)c12.Cc1nc2ccc(Nc3nccc4n[nH]c(C)c34)cc2[nH]1. The molecule has 3 aromatic carbocycles. The molecule has 0 amide bonds. The average molecular weight is 813 g/mol. The van der Waals surface area contributed by atoms with Crippen LogP contribution in [-0.2, 0) is 6.61 Å². The predicted octanol–water partition coefficient (Wildman–Crippen LogP) is 9.92. The minimum absolute atomic E-state index is 0.0104. The van der Waals surface area contributed by atoms with Crippen LogP contribution in [0.25, 0.3) is 53.8 Å². The number of hydrogen-bond acceptors (Lipinski definition) is 12. The number of aliphatic hydroxyl groups is 1. The Bertz CT molecular complexity index is 3270. The van der Waals surface area contributed by atoms with Crippen molar-refractivity contribution in [2.75, 3.05) is 16.0 Å². The minimum atomic E-state index is -0.0104. The van der Waals surface area contributed by atoms with E-state index in [4.69, 9.17) is 0 Å². The predicted molar refractivity (Wildman–Crippen MR) is 241 cm³/mol. The molecule has 8 heterocycles. The number of aliphatic hydroxyl groups excluding tert-OH is 1. The molecule has 0 aliphatic carbocycles. The molecule has 0 spiro atoms. The molecule has 0 unspecified atom stereocenters. The number of rotatable bonds is 7. The van der Waals surface area contributed by atoms with Crippen LogP contribution in [0.3, 0.4) is 0 Å². The Kier molecular flexibility index (Phi) is 10.3. The van der Waals surface area contributed by atoms with Crippen LogP contribution in [0.4, 0.5) is 34.5 Å². The first kappa shape index (κ1) is 37.9. The van der Waals surface area contributed by atoms with Gasteiger partial charge in [0.25, 0.3) is 0 Å². The van der Waals surface area contributed by atoms with Gasteiger partial charge in [-0.15, -0.1) is 11.3 Å². The Morgan fingerprint density at radius 2 is 1.13 bits per heavy atom. The quantitative estimate of drug-likeness (QED) is 0.0759. The molecule has 0 saturated heterocycles. The van der Waals surface area contributed by atoms with Crippen LogP contribution in [0.15, 0.2) is 109 Å². The Morgan fingerprint density at radius 3 is 1.73 bits per heavy atom. The molecule has 0 aliphatic heterocycles. The highest BCUT2D eigenvalue weighted by molar-refractivity contribution is 7.17. The van der Waals surface area contributed by atoms with Crippen LogP contribution in [0.2, 0.25) is 0 Å². The molecule has 298 valence electrons. The fourth-order valence-electron chi connectivity index (χ4n) is 7.07. The molecule has 15 nitrogen and oxygen atoms in total. The smallest absolute Gasteiger partial charge is 0.141 e. The van der Waals surface area contributed by atoms with Crippen molar-refractivity contribution in [1.29, 1.82) is 0 Å². The lowest BCUT2D eigenvalue weighted by Gasteiger charge is -2.10. The molecule has 0 radical (unpaired) electrons. The van der Waals surface area contributed by atoms with Crippen LogP contribution in [0, 0.1) is 27.7 Å². The molecular formula is C44H40N14OS. The lowest BCUT2D eigenvalue weighted by atomic mass is 10.2. The van der Waals surface area contributed by atoms with Gasteiger partial charge in [0.1, 0.15) is 23.3 Å². The molecule has 8 aromatic heterocycles. The van der Waals surface area contributed by atoms with E-state index in [2.05, 4.69) is 101 Å². The highest BCUT2D eigenvalue weighted by Gasteiger charge is 2.12. The van der Waals surface area contributed by atoms with Gasteiger partial charge >= 0.3 is 0 Å². The van der Waals surface area contributed by atoms with E-state index in [0.29, 0.717) is 0 Å². The van der Waals surface area contributed by atoms with Gasteiger partial charge in [0.2, 0.25) is 0 Å².